The lowest BCUT2D eigenvalue weighted by Crippen LogP contribution is -2.38. The standard InChI is InChI=1S/C31H25N2O2P/c1-35-31(34)30(29(25(22-32)23-33)24-14-6-2-7-15-24)36(26-16-8-3-9-17-26,27-18-10-4-11-19-27)28-20-12-5-13-21-28/h2-21,25,29H,1H3. The Morgan fingerprint density at radius 3 is 1.36 bits per heavy atom. The molecular formula is C31H25N2O2P. The molecule has 0 aliphatic carbocycles. The van der Waals surface area contributed by atoms with Crippen LogP contribution in [-0.2, 0) is 9.53 Å². The predicted octanol–water partition coefficient (Wildman–Crippen LogP) is 4.77. The average Bonchev–Trinajstić information content (AvgIpc) is 2.96. The van der Waals surface area contributed by atoms with Crippen molar-refractivity contribution in [1.29, 1.82) is 10.5 Å². The highest BCUT2D eigenvalue weighted by atomic mass is 31.2. The van der Waals surface area contributed by atoms with Gasteiger partial charge in [-0.25, -0.2) is 4.79 Å². The van der Waals surface area contributed by atoms with Gasteiger partial charge in [-0.1, -0.05) is 121 Å². The third kappa shape index (κ3) is 4.48. The maximum Gasteiger partial charge on any atom is 0.335 e. The second kappa shape index (κ2) is 11.4. The Balaban J connectivity index is 2.35. The summed E-state index contributed by atoms with van der Waals surface area (Å²) < 4.78 is 5.46. The van der Waals surface area contributed by atoms with Gasteiger partial charge in [0.05, 0.1) is 24.5 Å². The molecule has 0 aliphatic rings. The fraction of sp³-hybridized carbons (Fsp3) is 0.0968. The highest BCUT2D eigenvalue weighted by molar-refractivity contribution is 7.96. The third-order valence-corrected chi connectivity index (χ3v) is 10.7. The van der Waals surface area contributed by atoms with Crippen molar-refractivity contribution in [2.45, 2.75) is 5.92 Å². The molecule has 0 radical (unpaired) electrons. The van der Waals surface area contributed by atoms with Crippen molar-refractivity contribution in [3.05, 3.63) is 127 Å². The van der Waals surface area contributed by atoms with Crippen molar-refractivity contribution in [1.82, 2.24) is 0 Å². The summed E-state index contributed by atoms with van der Waals surface area (Å²) in [5, 5.41) is 23.5. The van der Waals surface area contributed by atoms with Crippen LogP contribution in [0.3, 0.4) is 0 Å². The first-order valence-corrected chi connectivity index (χ1v) is 13.3. The van der Waals surface area contributed by atoms with Gasteiger partial charge in [0, 0.05) is 5.92 Å². The number of carbonyl (C=O) groups excluding carboxylic acids is 1. The summed E-state index contributed by atoms with van der Waals surface area (Å²) in [5.74, 6) is -2.43. The molecule has 1 unspecified atom stereocenters. The molecule has 4 aromatic rings. The predicted molar refractivity (Wildman–Crippen MR) is 146 cm³/mol. The zero-order chi connectivity index (χ0) is 25.4. The molecule has 36 heavy (non-hydrogen) atoms. The monoisotopic (exact) mass is 488 g/mol. The molecule has 0 saturated heterocycles. The minimum Gasteiger partial charge on any atom is -0.466 e. The van der Waals surface area contributed by atoms with Crippen LogP contribution in [0.15, 0.2) is 121 Å². The van der Waals surface area contributed by atoms with Crippen LogP contribution >= 0.6 is 6.89 Å². The Labute approximate surface area is 212 Å². The zero-order valence-electron chi connectivity index (χ0n) is 19.9. The lowest BCUT2D eigenvalue weighted by molar-refractivity contribution is -0.132. The van der Waals surface area contributed by atoms with Gasteiger partial charge in [0.1, 0.15) is 5.92 Å². The first-order chi connectivity index (χ1) is 17.7. The van der Waals surface area contributed by atoms with Gasteiger partial charge in [-0.3, -0.25) is 0 Å². The van der Waals surface area contributed by atoms with Crippen LogP contribution in [0.4, 0.5) is 0 Å². The topological polar surface area (TPSA) is 73.9 Å². The van der Waals surface area contributed by atoms with E-state index in [2.05, 4.69) is 12.1 Å². The van der Waals surface area contributed by atoms with Crippen molar-refractivity contribution in [2.24, 2.45) is 5.92 Å². The van der Waals surface area contributed by atoms with Crippen LogP contribution in [0.1, 0.15) is 11.5 Å². The first kappa shape index (κ1) is 24.7. The fourth-order valence-corrected chi connectivity index (χ4v) is 9.41. The average molecular weight is 489 g/mol. The molecule has 0 aliphatic heterocycles. The Morgan fingerprint density at radius 2 is 1.03 bits per heavy atom. The molecule has 4 rings (SSSR count). The van der Waals surface area contributed by atoms with Gasteiger partial charge < -0.3 is 4.74 Å². The van der Waals surface area contributed by atoms with Gasteiger partial charge in [-0.05, 0) is 28.4 Å². The highest BCUT2D eigenvalue weighted by Gasteiger charge is 2.41. The van der Waals surface area contributed by atoms with Gasteiger partial charge in [-0.2, -0.15) is 10.5 Å². The molecule has 0 saturated carbocycles. The SMILES string of the molecule is COC(=O)C(C(c1ccccc1)C(C#N)C#N)=P(c1ccccc1)(c1ccccc1)c1ccccc1. The second-order valence-electron chi connectivity index (χ2n) is 8.18. The summed E-state index contributed by atoms with van der Waals surface area (Å²) in [6, 6.07) is 43.3. The van der Waals surface area contributed by atoms with E-state index in [4.69, 9.17) is 4.74 Å². The van der Waals surface area contributed by atoms with E-state index in [0.717, 1.165) is 21.5 Å². The van der Waals surface area contributed by atoms with Gasteiger partial charge in [0.25, 0.3) is 0 Å². The Bertz CT molecular complexity index is 1340. The van der Waals surface area contributed by atoms with Crippen molar-refractivity contribution in [2.75, 3.05) is 7.11 Å². The lowest BCUT2D eigenvalue weighted by atomic mass is 9.85. The second-order valence-corrected chi connectivity index (χ2v) is 11.6. The maximum atomic E-state index is 14.0. The summed E-state index contributed by atoms with van der Waals surface area (Å²) >= 11 is 0. The van der Waals surface area contributed by atoms with Crippen molar-refractivity contribution >= 4 is 34.1 Å². The molecule has 0 amide bonds. The molecule has 4 aromatic carbocycles. The zero-order valence-corrected chi connectivity index (χ0v) is 20.8. The number of nitrogens with zero attached hydrogens (tertiary/aromatic N) is 2. The molecule has 1 atom stereocenters. The minimum absolute atomic E-state index is 0.424. The molecule has 0 spiro atoms. The molecule has 0 fully saturated rings. The van der Waals surface area contributed by atoms with Gasteiger partial charge in [-0.15, -0.1) is 0 Å². The van der Waals surface area contributed by atoms with Crippen molar-refractivity contribution in [3.8, 4) is 12.1 Å². The highest BCUT2D eigenvalue weighted by Crippen LogP contribution is 2.50. The Hall–Kier alpha value is -4.37. The van der Waals surface area contributed by atoms with E-state index in [9.17, 15) is 15.3 Å². The van der Waals surface area contributed by atoms with E-state index in [1.165, 1.54) is 7.11 Å². The van der Waals surface area contributed by atoms with E-state index >= 15 is 0 Å². The van der Waals surface area contributed by atoms with E-state index in [0.29, 0.717) is 5.29 Å². The molecule has 0 heterocycles. The summed E-state index contributed by atoms with van der Waals surface area (Å²) in [7, 11) is 1.35. The van der Waals surface area contributed by atoms with Crippen LogP contribution < -0.4 is 15.9 Å². The van der Waals surface area contributed by atoms with Crippen molar-refractivity contribution < 1.29 is 9.53 Å². The lowest BCUT2D eigenvalue weighted by Gasteiger charge is -2.35. The molecule has 5 heteroatoms. The molecule has 0 N–H and O–H groups in total. The van der Waals surface area contributed by atoms with Gasteiger partial charge >= 0.3 is 5.97 Å². The number of nitriles is 2. The summed E-state index contributed by atoms with van der Waals surface area (Å²) in [4.78, 5) is 14.0. The number of benzene rings is 4. The van der Waals surface area contributed by atoms with E-state index < -0.39 is 24.7 Å². The number of esters is 1. The number of methoxy groups -OCH3 is 1. The van der Waals surface area contributed by atoms with Gasteiger partial charge in [0.15, 0.2) is 0 Å². The number of hydrogen-bond acceptors (Lipinski definition) is 4. The first-order valence-electron chi connectivity index (χ1n) is 11.5. The number of rotatable bonds is 7. The summed E-state index contributed by atoms with van der Waals surface area (Å²) in [6.07, 6.45) is 0. The normalized spacial score (nSPS) is 11.7. The maximum absolute atomic E-state index is 14.0. The van der Waals surface area contributed by atoms with Crippen LogP contribution in [0.2, 0.25) is 0 Å². The van der Waals surface area contributed by atoms with Crippen LogP contribution in [0.25, 0.3) is 0 Å². The fourth-order valence-electron chi connectivity index (χ4n) is 4.74. The third-order valence-electron chi connectivity index (χ3n) is 6.25. The molecule has 176 valence electrons. The number of hydrogen-bond donors (Lipinski definition) is 0. The van der Waals surface area contributed by atoms with Crippen LogP contribution in [0, 0.1) is 28.6 Å². The molecule has 4 nitrogen and oxygen atoms in total. The number of carbonyl (C=O) groups is 1. The quantitative estimate of drug-likeness (QED) is 0.277. The smallest absolute Gasteiger partial charge is 0.335 e. The summed E-state index contributed by atoms with van der Waals surface area (Å²) in [5.41, 5.74) is 0.721. The number of ether oxygens (including phenoxy) is 1. The largest absolute Gasteiger partial charge is 0.466 e. The van der Waals surface area contributed by atoms with Gasteiger partial charge in [0.2, 0.25) is 0 Å². The molecule has 0 aromatic heterocycles. The van der Waals surface area contributed by atoms with E-state index in [1.54, 1.807) is 0 Å². The molecular weight excluding hydrogens is 463 g/mol. The summed E-state index contributed by atoms with van der Waals surface area (Å²) in [6.45, 7) is -2.90. The molecule has 0 bridgehead atoms. The van der Waals surface area contributed by atoms with E-state index in [-0.39, 0.29) is 0 Å². The Morgan fingerprint density at radius 1 is 0.667 bits per heavy atom. The van der Waals surface area contributed by atoms with Crippen LogP contribution in [0.5, 0.6) is 0 Å². The van der Waals surface area contributed by atoms with E-state index in [1.807, 2.05) is 121 Å². The Kier molecular flexibility index (Phi) is 7.82. The minimum atomic E-state index is -2.90. The van der Waals surface area contributed by atoms with Crippen molar-refractivity contribution in [3.63, 3.8) is 0 Å². The van der Waals surface area contributed by atoms with Crippen LogP contribution in [-0.4, -0.2) is 18.4 Å².